The molecule has 12 heteroatoms. The first-order valence-electron chi connectivity index (χ1n) is 12.6. The van der Waals surface area contributed by atoms with Crippen molar-refractivity contribution in [3.05, 3.63) is 98.7 Å². The number of nitrogens with one attached hydrogen (secondary N) is 1. The molecule has 0 aliphatic rings. The van der Waals surface area contributed by atoms with E-state index in [9.17, 15) is 22.4 Å². The molecule has 3 aromatic carbocycles. The van der Waals surface area contributed by atoms with Gasteiger partial charge in [0.15, 0.2) is 0 Å². The molecule has 7 nitrogen and oxygen atoms in total. The summed E-state index contributed by atoms with van der Waals surface area (Å²) in [7, 11) is -4.03. The Balaban J connectivity index is 2.10. The van der Waals surface area contributed by atoms with Gasteiger partial charge in [0.05, 0.1) is 27.0 Å². The van der Waals surface area contributed by atoms with Gasteiger partial charge >= 0.3 is 0 Å². The van der Waals surface area contributed by atoms with Crippen LogP contribution in [0, 0.1) is 5.82 Å². The fourth-order valence-electron chi connectivity index (χ4n) is 4.10. The van der Waals surface area contributed by atoms with Crippen molar-refractivity contribution in [2.45, 2.75) is 45.3 Å². The average Bonchev–Trinajstić information content (AvgIpc) is 2.87. The van der Waals surface area contributed by atoms with E-state index in [1.165, 1.54) is 11.0 Å². The number of halogens is 4. The Kier molecular flexibility index (Phi) is 10.7. The Morgan fingerprint density at radius 2 is 1.56 bits per heavy atom. The average molecular weight is 643 g/mol. The van der Waals surface area contributed by atoms with E-state index in [-0.39, 0.29) is 28.7 Å². The number of hydrogen-bond acceptors (Lipinski definition) is 4. The predicted molar refractivity (Wildman–Crippen MR) is 162 cm³/mol. The van der Waals surface area contributed by atoms with Crippen molar-refractivity contribution in [2.75, 3.05) is 17.1 Å². The van der Waals surface area contributed by atoms with Crippen LogP contribution in [-0.2, 0) is 32.6 Å². The van der Waals surface area contributed by atoms with E-state index in [4.69, 9.17) is 34.8 Å². The van der Waals surface area contributed by atoms with Crippen LogP contribution in [0.3, 0.4) is 0 Å². The molecular weight excluding hydrogens is 612 g/mol. The zero-order valence-corrected chi connectivity index (χ0v) is 26.1. The second-order valence-electron chi connectivity index (χ2n) is 10.6. The zero-order valence-electron chi connectivity index (χ0n) is 23.0. The third-order valence-electron chi connectivity index (χ3n) is 5.98. The Hall–Kier alpha value is -2.85. The maximum Gasteiger partial charge on any atom is 0.244 e. The third kappa shape index (κ3) is 9.33. The van der Waals surface area contributed by atoms with Gasteiger partial charge in [0.2, 0.25) is 21.8 Å². The number of benzene rings is 3. The maximum absolute atomic E-state index is 14.1. The molecule has 220 valence electrons. The molecule has 0 unspecified atom stereocenters. The molecule has 0 heterocycles. The summed E-state index contributed by atoms with van der Waals surface area (Å²) in [5, 5.41) is 3.21. The van der Waals surface area contributed by atoms with Gasteiger partial charge in [-0.25, -0.2) is 12.8 Å². The van der Waals surface area contributed by atoms with Gasteiger partial charge in [-0.2, -0.15) is 0 Å². The number of anilines is 1. The monoisotopic (exact) mass is 641 g/mol. The Morgan fingerprint density at radius 3 is 2.12 bits per heavy atom. The smallest absolute Gasteiger partial charge is 0.244 e. The summed E-state index contributed by atoms with van der Waals surface area (Å²) >= 11 is 18.3. The lowest BCUT2D eigenvalue weighted by Crippen LogP contribution is -2.56. The number of rotatable bonds is 10. The summed E-state index contributed by atoms with van der Waals surface area (Å²) in [4.78, 5) is 29.1. The lowest BCUT2D eigenvalue weighted by Gasteiger charge is -2.35. The minimum atomic E-state index is -4.03. The maximum atomic E-state index is 14.1. The molecule has 0 aliphatic heterocycles. The summed E-state index contributed by atoms with van der Waals surface area (Å²) in [6.45, 7) is 4.71. The molecule has 41 heavy (non-hydrogen) atoms. The standard InChI is InChI=1S/C29H31Cl3FN3O4S/c1-29(2,3)34-28(38)26(15-19-8-6-5-7-9-19)35(17-20-10-12-22(30)23(31)14-20)27(37)18-36(41(4,39)40)21-11-13-25(33)24(32)16-21/h5-14,16,26H,15,17-18H2,1-4H3,(H,34,38)/t26-/m1/s1. The third-order valence-corrected chi connectivity index (χ3v) is 8.15. The van der Waals surface area contributed by atoms with Crippen molar-refractivity contribution in [3.63, 3.8) is 0 Å². The number of amides is 2. The highest BCUT2D eigenvalue weighted by Gasteiger charge is 2.34. The molecule has 1 N–H and O–H groups in total. The van der Waals surface area contributed by atoms with Crippen LogP contribution in [0.15, 0.2) is 66.7 Å². The molecule has 1 atom stereocenters. The van der Waals surface area contributed by atoms with Crippen LogP contribution >= 0.6 is 34.8 Å². The van der Waals surface area contributed by atoms with Gasteiger partial charge in [0.1, 0.15) is 18.4 Å². The highest BCUT2D eigenvalue weighted by atomic mass is 35.5. The van der Waals surface area contributed by atoms with Crippen LogP contribution in [0.2, 0.25) is 15.1 Å². The van der Waals surface area contributed by atoms with E-state index in [0.29, 0.717) is 10.6 Å². The zero-order chi connectivity index (χ0) is 30.5. The number of nitrogens with zero attached hydrogens (tertiary/aromatic N) is 2. The molecular formula is C29H31Cl3FN3O4S. The Labute approximate surface area is 255 Å². The summed E-state index contributed by atoms with van der Waals surface area (Å²) in [6, 6.07) is 16.3. The lowest BCUT2D eigenvalue weighted by atomic mass is 10.0. The summed E-state index contributed by atoms with van der Waals surface area (Å²) < 4.78 is 40.3. The molecule has 0 aliphatic carbocycles. The Morgan fingerprint density at radius 1 is 0.902 bits per heavy atom. The molecule has 3 rings (SSSR count). The van der Waals surface area contributed by atoms with Crippen LogP contribution in [0.1, 0.15) is 31.9 Å². The Bertz CT molecular complexity index is 1520. The van der Waals surface area contributed by atoms with E-state index in [1.807, 2.05) is 51.1 Å². The van der Waals surface area contributed by atoms with Gasteiger partial charge in [0, 0.05) is 18.5 Å². The molecule has 0 bridgehead atoms. The largest absolute Gasteiger partial charge is 0.350 e. The summed E-state index contributed by atoms with van der Waals surface area (Å²) in [5.74, 6) is -1.84. The van der Waals surface area contributed by atoms with Crippen LogP contribution in [0.5, 0.6) is 0 Å². The quantitative estimate of drug-likeness (QED) is 0.289. The number of sulfonamides is 1. The second-order valence-corrected chi connectivity index (χ2v) is 13.7. The van der Waals surface area contributed by atoms with E-state index in [2.05, 4.69) is 5.32 Å². The van der Waals surface area contributed by atoms with Gasteiger partial charge in [-0.15, -0.1) is 0 Å². The SMILES string of the molecule is CC(C)(C)NC(=O)[C@@H](Cc1ccccc1)N(Cc1ccc(Cl)c(Cl)c1)C(=O)CN(c1ccc(F)c(Cl)c1)S(C)(=O)=O. The van der Waals surface area contributed by atoms with E-state index in [0.717, 1.165) is 28.3 Å². The van der Waals surface area contributed by atoms with Gasteiger partial charge in [0.25, 0.3) is 0 Å². The highest BCUT2D eigenvalue weighted by molar-refractivity contribution is 7.92. The fraction of sp³-hybridized carbons (Fsp3) is 0.310. The molecule has 3 aromatic rings. The molecule has 0 fully saturated rings. The summed E-state index contributed by atoms with van der Waals surface area (Å²) in [5.41, 5.74) is 0.748. The van der Waals surface area contributed by atoms with Crippen LogP contribution in [0.25, 0.3) is 0 Å². The lowest BCUT2D eigenvalue weighted by molar-refractivity contribution is -0.140. The number of hydrogen-bond donors (Lipinski definition) is 1. The van der Waals surface area contributed by atoms with Crippen molar-refractivity contribution in [3.8, 4) is 0 Å². The second kappa shape index (κ2) is 13.4. The summed E-state index contributed by atoms with van der Waals surface area (Å²) in [6.07, 6.45) is 1.08. The molecule has 0 aromatic heterocycles. The van der Waals surface area contributed by atoms with E-state index in [1.54, 1.807) is 18.2 Å². The van der Waals surface area contributed by atoms with Gasteiger partial charge in [-0.3, -0.25) is 13.9 Å². The number of carbonyl (C=O) groups is 2. The minimum Gasteiger partial charge on any atom is -0.350 e. The van der Waals surface area contributed by atoms with Crippen LogP contribution in [0.4, 0.5) is 10.1 Å². The molecule has 2 amide bonds. The van der Waals surface area contributed by atoms with Gasteiger partial charge in [-0.1, -0.05) is 71.2 Å². The van der Waals surface area contributed by atoms with E-state index < -0.39 is 45.8 Å². The van der Waals surface area contributed by atoms with Crippen LogP contribution < -0.4 is 9.62 Å². The highest BCUT2D eigenvalue weighted by Crippen LogP contribution is 2.27. The molecule has 0 radical (unpaired) electrons. The fourth-order valence-corrected chi connectivity index (χ4v) is 5.43. The van der Waals surface area contributed by atoms with Crippen molar-refractivity contribution >= 4 is 62.3 Å². The first kappa shape index (κ1) is 32.7. The van der Waals surface area contributed by atoms with Crippen LogP contribution in [-0.4, -0.2) is 49.5 Å². The molecule has 0 spiro atoms. The first-order chi connectivity index (χ1) is 19.0. The molecule has 0 saturated carbocycles. The van der Waals surface area contributed by atoms with Gasteiger partial charge < -0.3 is 10.2 Å². The van der Waals surface area contributed by atoms with Crippen molar-refractivity contribution in [1.29, 1.82) is 0 Å². The minimum absolute atomic E-state index is 0.000454. The van der Waals surface area contributed by atoms with Crippen molar-refractivity contribution < 1.29 is 22.4 Å². The predicted octanol–water partition coefficient (Wildman–Crippen LogP) is 6.11. The normalized spacial score (nSPS) is 12.5. The van der Waals surface area contributed by atoms with Gasteiger partial charge in [-0.05, 0) is 62.2 Å². The number of carbonyl (C=O) groups excluding carboxylic acids is 2. The van der Waals surface area contributed by atoms with Crippen molar-refractivity contribution in [1.82, 2.24) is 10.2 Å². The van der Waals surface area contributed by atoms with E-state index >= 15 is 0 Å². The topological polar surface area (TPSA) is 86.8 Å². The first-order valence-corrected chi connectivity index (χ1v) is 15.6. The van der Waals surface area contributed by atoms with Crippen molar-refractivity contribution in [2.24, 2.45) is 0 Å². The molecule has 0 saturated heterocycles.